The molecule has 0 atom stereocenters. The molecule has 3 fully saturated rings. The molecule has 4 aromatic heterocycles. The smallest absolute Gasteiger partial charge is 0.405 e. The fraction of sp³-hybridized carbons (Fsp3) is 0.476. The Morgan fingerprint density at radius 2 is 0.883 bits per heavy atom. The van der Waals surface area contributed by atoms with Gasteiger partial charge < -0.3 is 27.9 Å². The molecular weight excluding hydrogens is 825 g/mol. The summed E-state index contributed by atoms with van der Waals surface area (Å²) in [4.78, 5) is 17.4. The van der Waals surface area contributed by atoms with Gasteiger partial charge in [-0.1, -0.05) is 34.1 Å². The molecule has 0 saturated carbocycles. The molecule has 0 aliphatic carbocycles. The van der Waals surface area contributed by atoms with Crippen molar-refractivity contribution in [2.24, 2.45) is 0 Å². The predicted octanol–water partition coefficient (Wildman–Crippen LogP) is 7.56. The summed E-state index contributed by atoms with van der Waals surface area (Å²) in [5.41, 5.74) is 2.53. The van der Waals surface area contributed by atoms with Gasteiger partial charge in [0, 0.05) is 39.0 Å². The molecule has 9 rings (SSSR count). The van der Waals surface area contributed by atoms with Crippen molar-refractivity contribution >= 4 is 64.3 Å². The Morgan fingerprint density at radius 1 is 0.500 bits per heavy atom. The first kappa shape index (κ1) is 44.0. The predicted molar refractivity (Wildman–Crippen MR) is 238 cm³/mol. The standard InChI is InChI=1S/C18H21BN4O2.C12H24B2O4.C12H9BrN4/c1-12-8-9-20-16(22-12)23-15-10-14(7-6-13(15)11-21-23)19-24-17(2,3)18(4,5)25-19;1-9(2)10(3,4)16-13(15-9)14-17-11(5,6)12(7,8)18-14;1-8-4-5-14-12(16-8)17-11-6-10(13)3-2-9(11)7-15-17/h6-11H,1-5H3;1-8H3;2-7H,1H3. The Kier molecular flexibility index (Phi) is 11.5. The first-order valence-electron chi connectivity index (χ1n) is 20.2. The molecule has 7 heterocycles. The third-order valence-electron chi connectivity index (χ3n) is 12.4. The van der Waals surface area contributed by atoms with Gasteiger partial charge in [0.1, 0.15) is 0 Å². The summed E-state index contributed by atoms with van der Waals surface area (Å²) in [7, 11) is -1.36. The van der Waals surface area contributed by atoms with Gasteiger partial charge in [0.05, 0.1) is 57.0 Å². The maximum Gasteiger partial charge on any atom is 0.494 e. The van der Waals surface area contributed by atoms with Crippen LogP contribution in [-0.4, -0.2) is 94.2 Å². The van der Waals surface area contributed by atoms with Crippen LogP contribution in [0, 0.1) is 13.8 Å². The molecule has 314 valence electrons. The zero-order valence-corrected chi connectivity index (χ0v) is 38.7. The highest BCUT2D eigenvalue weighted by atomic mass is 79.9. The van der Waals surface area contributed by atoms with Crippen molar-refractivity contribution in [2.75, 3.05) is 0 Å². The summed E-state index contributed by atoms with van der Waals surface area (Å²) in [6.45, 7) is 28.3. The van der Waals surface area contributed by atoms with Crippen LogP contribution in [0.25, 0.3) is 33.7 Å². The summed E-state index contributed by atoms with van der Waals surface area (Å²) in [5, 5.41) is 10.8. The quantitative estimate of drug-likeness (QED) is 0.161. The second-order valence-corrected chi connectivity index (χ2v) is 19.4. The topological polar surface area (TPSA) is 143 Å². The van der Waals surface area contributed by atoms with Gasteiger partial charge in [0.15, 0.2) is 0 Å². The highest BCUT2D eigenvalue weighted by Crippen LogP contribution is 2.43. The van der Waals surface area contributed by atoms with Crippen molar-refractivity contribution in [2.45, 2.75) is 131 Å². The van der Waals surface area contributed by atoms with E-state index in [1.807, 2.05) is 130 Å². The minimum atomic E-state index is -0.476. The number of aromatic nitrogens is 8. The van der Waals surface area contributed by atoms with E-state index in [-0.39, 0.29) is 33.6 Å². The first-order chi connectivity index (χ1) is 27.9. The number of benzene rings is 2. The van der Waals surface area contributed by atoms with Crippen LogP contribution in [0.1, 0.15) is 94.5 Å². The van der Waals surface area contributed by atoms with Crippen LogP contribution in [0.5, 0.6) is 0 Å². The van der Waals surface area contributed by atoms with Crippen LogP contribution in [-0.2, 0) is 27.9 Å². The zero-order valence-electron chi connectivity index (χ0n) is 37.1. The minimum absolute atomic E-state index is 0.360. The molecule has 0 radical (unpaired) electrons. The minimum Gasteiger partial charge on any atom is -0.405 e. The molecule has 0 unspecified atom stereocenters. The van der Waals surface area contributed by atoms with E-state index < -0.39 is 21.1 Å². The average molecular weight is 879 g/mol. The summed E-state index contributed by atoms with van der Waals surface area (Å²) < 4.78 is 40.7. The highest BCUT2D eigenvalue weighted by Gasteiger charge is 2.63. The van der Waals surface area contributed by atoms with E-state index in [1.54, 1.807) is 21.8 Å². The van der Waals surface area contributed by atoms with Crippen LogP contribution in [0.2, 0.25) is 0 Å². The van der Waals surface area contributed by atoms with Gasteiger partial charge in [-0.05, 0) is 133 Å². The van der Waals surface area contributed by atoms with E-state index in [0.717, 1.165) is 43.1 Å². The lowest BCUT2D eigenvalue weighted by atomic mass is 9.49. The van der Waals surface area contributed by atoms with Crippen molar-refractivity contribution in [3.8, 4) is 11.9 Å². The zero-order chi connectivity index (χ0) is 43.6. The SMILES string of the molecule is CC1(C)OB(B2OC(C)(C)C(C)(C)O2)OC1(C)C.Cc1ccnc(-n2ncc3ccc(B4OC(C)(C)C(C)(C)O4)cc32)n1.Cc1ccnc(-n2ncc3ccc(Br)cc32)n1. The number of fused-ring (bicyclic) bond motifs is 2. The second-order valence-electron chi connectivity index (χ2n) is 18.5. The normalized spacial score (nSPS) is 20.6. The average Bonchev–Trinajstić information content (AvgIpc) is 3.91. The van der Waals surface area contributed by atoms with Crippen LogP contribution in [0.3, 0.4) is 0 Å². The molecule has 18 heteroatoms. The van der Waals surface area contributed by atoms with Crippen LogP contribution in [0.4, 0.5) is 0 Å². The molecule has 3 aliphatic heterocycles. The van der Waals surface area contributed by atoms with Crippen LogP contribution < -0.4 is 5.46 Å². The third-order valence-corrected chi connectivity index (χ3v) is 12.9. The fourth-order valence-corrected chi connectivity index (χ4v) is 6.90. The molecule has 0 N–H and O–H groups in total. The lowest BCUT2D eigenvalue weighted by Crippen LogP contribution is -2.41. The van der Waals surface area contributed by atoms with Gasteiger partial charge in [0.2, 0.25) is 0 Å². The Hall–Kier alpha value is -4.03. The number of hydrogen-bond donors (Lipinski definition) is 0. The number of aryl methyl sites for hydroxylation is 2. The number of nitrogens with zero attached hydrogens (tertiary/aromatic N) is 8. The molecule has 60 heavy (non-hydrogen) atoms. The number of hydrogen-bond acceptors (Lipinski definition) is 12. The summed E-state index contributed by atoms with van der Waals surface area (Å²) >= 11 is 3.46. The lowest BCUT2D eigenvalue weighted by molar-refractivity contribution is 0.00578. The van der Waals surface area contributed by atoms with Crippen molar-refractivity contribution < 1.29 is 27.9 Å². The summed E-state index contributed by atoms with van der Waals surface area (Å²) in [6, 6.07) is 15.8. The maximum atomic E-state index is 6.16. The maximum absolute atomic E-state index is 6.16. The molecule has 3 aliphatic rings. The van der Waals surface area contributed by atoms with Crippen LogP contribution >= 0.6 is 15.9 Å². The van der Waals surface area contributed by atoms with Gasteiger partial charge in [-0.15, -0.1) is 0 Å². The van der Waals surface area contributed by atoms with E-state index in [9.17, 15) is 0 Å². The first-order valence-corrected chi connectivity index (χ1v) is 21.0. The summed E-state index contributed by atoms with van der Waals surface area (Å²) in [5.74, 6) is 1.15. The molecule has 0 amide bonds. The van der Waals surface area contributed by atoms with Gasteiger partial charge in [-0.25, -0.2) is 19.9 Å². The van der Waals surface area contributed by atoms with E-state index >= 15 is 0 Å². The fourth-order valence-electron chi connectivity index (χ4n) is 6.55. The third kappa shape index (κ3) is 8.57. The lowest BCUT2D eigenvalue weighted by Gasteiger charge is -2.32. The molecule has 0 spiro atoms. The van der Waals surface area contributed by atoms with Gasteiger partial charge in [-0.3, -0.25) is 0 Å². The van der Waals surface area contributed by atoms with Gasteiger partial charge in [-0.2, -0.15) is 19.6 Å². The van der Waals surface area contributed by atoms with E-state index in [0.29, 0.717) is 11.9 Å². The van der Waals surface area contributed by atoms with Crippen molar-refractivity contribution in [1.29, 1.82) is 0 Å². The Morgan fingerprint density at radius 3 is 1.30 bits per heavy atom. The van der Waals surface area contributed by atoms with Crippen LogP contribution in [0.15, 0.2) is 77.8 Å². The molecule has 0 bridgehead atoms. The molecule has 3 saturated heterocycles. The monoisotopic (exact) mass is 878 g/mol. The highest BCUT2D eigenvalue weighted by molar-refractivity contribution is 9.10. The van der Waals surface area contributed by atoms with Gasteiger partial charge >= 0.3 is 21.1 Å². The van der Waals surface area contributed by atoms with Gasteiger partial charge in [0.25, 0.3) is 11.9 Å². The summed E-state index contributed by atoms with van der Waals surface area (Å²) in [6.07, 6.45) is 7.11. The molecule has 6 aromatic rings. The molecule has 14 nitrogen and oxygen atoms in total. The molecule has 2 aromatic carbocycles. The van der Waals surface area contributed by atoms with E-state index in [2.05, 4.69) is 73.8 Å². The van der Waals surface area contributed by atoms with E-state index in [4.69, 9.17) is 27.9 Å². The Labute approximate surface area is 362 Å². The molecular formula is C42H54B3BrN8O6. The second kappa shape index (κ2) is 15.7. The van der Waals surface area contributed by atoms with Crippen molar-refractivity contribution in [3.63, 3.8) is 0 Å². The van der Waals surface area contributed by atoms with Crippen molar-refractivity contribution in [3.05, 3.63) is 89.2 Å². The number of rotatable bonds is 4. The van der Waals surface area contributed by atoms with Crippen molar-refractivity contribution in [1.82, 2.24) is 39.5 Å². The number of halogens is 1. The van der Waals surface area contributed by atoms with E-state index in [1.165, 1.54) is 0 Å². The Bertz CT molecular complexity index is 2440. The largest absolute Gasteiger partial charge is 0.494 e. The Balaban J connectivity index is 0.000000140.